The Bertz CT molecular complexity index is 626. The van der Waals surface area contributed by atoms with Gasteiger partial charge in [-0.25, -0.2) is 0 Å². The molecule has 0 aliphatic heterocycles. The number of nitrogen functional groups attached to an aromatic ring is 2. The van der Waals surface area contributed by atoms with Crippen LogP contribution < -0.4 is 27.1 Å². The number of rotatable bonds is 5. The van der Waals surface area contributed by atoms with Crippen LogP contribution in [0.1, 0.15) is 15.9 Å². The van der Waals surface area contributed by atoms with E-state index in [0.717, 1.165) is 11.3 Å². The quantitative estimate of drug-likeness (QED) is 0.379. The number of carbonyl (C=O) groups is 1. The normalized spacial score (nSPS) is 10.0. The fourth-order valence-electron chi connectivity index (χ4n) is 1.86. The third-order valence-corrected chi connectivity index (χ3v) is 3.08. The van der Waals surface area contributed by atoms with Crippen molar-refractivity contribution in [2.45, 2.75) is 6.54 Å². The molecule has 6 N–H and O–H groups in total. The fourth-order valence-corrected chi connectivity index (χ4v) is 1.86. The first kappa shape index (κ1) is 14.7. The lowest BCUT2D eigenvalue weighted by molar-refractivity contribution is 0.0951. The molecule has 6 heteroatoms. The Hall–Kier alpha value is -2.73. The molecule has 2 rings (SSSR count). The number of hydrogen-bond donors (Lipinski definition) is 4. The SMILES string of the molecule is COc1ccc(CNC(=O)c2ccc(NN)c(N)c2)cc1. The minimum absolute atomic E-state index is 0.193. The number of hydrazine groups is 1. The number of nitrogens with one attached hydrogen (secondary N) is 2. The average molecular weight is 286 g/mol. The number of hydrogen-bond acceptors (Lipinski definition) is 5. The zero-order valence-electron chi connectivity index (χ0n) is 11.7. The van der Waals surface area contributed by atoms with Gasteiger partial charge in [0.25, 0.3) is 5.91 Å². The molecule has 0 unspecified atom stereocenters. The van der Waals surface area contributed by atoms with Crippen molar-refractivity contribution in [1.29, 1.82) is 0 Å². The van der Waals surface area contributed by atoms with Gasteiger partial charge in [-0.3, -0.25) is 10.6 Å². The third-order valence-electron chi connectivity index (χ3n) is 3.08. The third kappa shape index (κ3) is 3.64. The summed E-state index contributed by atoms with van der Waals surface area (Å²) in [6, 6.07) is 12.4. The molecule has 2 aromatic rings. The molecule has 1 amide bonds. The minimum atomic E-state index is -0.193. The molecule has 6 nitrogen and oxygen atoms in total. The lowest BCUT2D eigenvalue weighted by Crippen LogP contribution is -2.23. The molecule has 0 saturated carbocycles. The van der Waals surface area contributed by atoms with Gasteiger partial charge in [0.15, 0.2) is 0 Å². The molecular formula is C15H18N4O2. The summed E-state index contributed by atoms with van der Waals surface area (Å²) in [6.07, 6.45) is 0. The Kier molecular flexibility index (Phi) is 4.63. The van der Waals surface area contributed by atoms with E-state index in [1.165, 1.54) is 0 Å². The van der Waals surface area contributed by atoms with Gasteiger partial charge in [-0.15, -0.1) is 0 Å². The molecular weight excluding hydrogens is 268 g/mol. The maximum atomic E-state index is 12.0. The molecule has 0 fully saturated rings. The Morgan fingerprint density at radius 2 is 1.90 bits per heavy atom. The van der Waals surface area contributed by atoms with Gasteiger partial charge in [0, 0.05) is 12.1 Å². The molecule has 0 atom stereocenters. The molecule has 0 saturated heterocycles. The monoisotopic (exact) mass is 286 g/mol. The topological polar surface area (TPSA) is 102 Å². The summed E-state index contributed by atoms with van der Waals surface area (Å²) >= 11 is 0. The molecule has 0 aromatic heterocycles. The molecule has 0 radical (unpaired) electrons. The van der Waals surface area contributed by atoms with Crippen LogP contribution in [0.3, 0.4) is 0 Å². The van der Waals surface area contributed by atoms with Gasteiger partial charge in [-0.05, 0) is 35.9 Å². The highest BCUT2D eigenvalue weighted by Gasteiger charge is 2.07. The second-order valence-electron chi connectivity index (χ2n) is 4.48. The second-order valence-corrected chi connectivity index (χ2v) is 4.48. The van der Waals surface area contributed by atoms with Crippen molar-refractivity contribution in [3.8, 4) is 5.75 Å². The van der Waals surface area contributed by atoms with Crippen molar-refractivity contribution >= 4 is 17.3 Å². The van der Waals surface area contributed by atoms with E-state index in [9.17, 15) is 4.79 Å². The van der Waals surface area contributed by atoms with Gasteiger partial charge in [0.2, 0.25) is 0 Å². The lowest BCUT2D eigenvalue weighted by atomic mass is 10.1. The summed E-state index contributed by atoms with van der Waals surface area (Å²) in [5.74, 6) is 5.88. The number of nitrogens with two attached hydrogens (primary N) is 2. The number of methoxy groups -OCH3 is 1. The zero-order valence-corrected chi connectivity index (χ0v) is 11.7. The Balaban J connectivity index is 1.99. The Morgan fingerprint density at radius 3 is 2.48 bits per heavy atom. The molecule has 2 aromatic carbocycles. The maximum absolute atomic E-state index is 12.0. The van der Waals surface area contributed by atoms with Crippen LogP contribution in [0.4, 0.5) is 11.4 Å². The highest BCUT2D eigenvalue weighted by Crippen LogP contribution is 2.18. The van der Waals surface area contributed by atoms with Crippen molar-refractivity contribution < 1.29 is 9.53 Å². The smallest absolute Gasteiger partial charge is 0.251 e. The van der Waals surface area contributed by atoms with E-state index in [2.05, 4.69) is 10.7 Å². The summed E-state index contributed by atoms with van der Waals surface area (Å²) in [4.78, 5) is 12.0. The van der Waals surface area contributed by atoms with Gasteiger partial charge in [0.1, 0.15) is 5.75 Å². The first-order valence-corrected chi connectivity index (χ1v) is 6.41. The van der Waals surface area contributed by atoms with E-state index >= 15 is 0 Å². The standard InChI is InChI=1S/C15H18N4O2/c1-21-12-5-2-10(3-6-12)9-18-15(20)11-4-7-14(19-17)13(16)8-11/h2-8,19H,9,16-17H2,1H3,(H,18,20). The van der Waals surface area contributed by atoms with E-state index < -0.39 is 0 Å². The van der Waals surface area contributed by atoms with Crippen molar-refractivity contribution in [3.63, 3.8) is 0 Å². The molecule has 0 aliphatic rings. The first-order chi connectivity index (χ1) is 10.1. The van der Waals surface area contributed by atoms with Gasteiger partial charge >= 0.3 is 0 Å². The molecule has 0 heterocycles. The van der Waals surface area contributed by atoms with Crippen LogP contribution in [-0.2, 0) is 6.54 Å². The first-order valence-electron chi connectivity index (χ1n) is 6.41. The molecule has 0 spiro atoms. The van der Waals surface area contributed by atoms with Crippen molar-refractivity contribution in [2.75, 3.05) is 18.3 Å². The van der Waals surface area contributed by atoms with Crippen LogP contribution >= 0.6 is 0 Å². The predicted molar refractivity (Wildman–Crippen MR) is 82.8 cm³/mol. The molecule has 21 heavy (non-hydrogen) atoms. The van der Waals surface area contributed by atoms with Crippen LogP contribution in [0.15, 0.2) is 42.5 Å². The van der Waals surface area contributed by atoms with E-state index in [-0.39, 0.29) is 5.91 Å². The number of anilines is 2. The van der Waals surface area contributed by atoms with Crippen LogP contribution in [-0.4, -0.2) is 13.0 Å². The van der Waals surface area contributed by atoms with Gasteiger partial charge in [-0.2, -0.15) is 0 Å². The van der Waals surface area contributed by atoms with Crippen molar-refractivity contribution in [2.24, 2.45) is 5.84 Å². The lowest BCUT2D eigenvalue weighted by Gasteiger charge is -2.09. The van der Waals surface area contributed by atoms with Gasteiger partial charge < -0.3 is 21.2 Å². The van der Waals surface area contributed by atoms with Crippen molar-refractivity contribution in [3.05, 3.63) is 53.6 Å². The largest absolute Gasteiger partial charge is 0.497 e. The highest BCUT2D eigenvalue weighted by atomic mass is 16.5. The van der Waals surface area contributed by atoms with Crippen LogP contribution in [0.2, 0.25) is 0 Å². The van der Waals surface area contributed by atoms with Crippen LogP contribution in [0.5, 0.6) is 5.75 Å². The molecule has 0 bridgehead atoms. The number of amides is 1. The Morgan fingerprint density at radius 1 is 1.19 bits per heavy atom. The minimum Gasteiger partial charge on any atom is -0.497 e. The van der Waals surface area contributed by atoms with Crippen LogP contribution in [0.25, 0.3) is 0 Å². The summed E-state index contributed by atoms with van der Waals surface area (Å²) < 4.78 is 5.08. The van der Waals surface area contributed by atoms with Gasteiger partial charge in [0.05, 0.1) is 18.5 Å². The second kappa shape index (κ2) is 6.62. The molecule has 0 aliphatic carbocycles. The Labute approximate surface area is 123 Å². The summed E-state index contributed by atoms with van der Waals surface area (Å²) in [5, 5.41) is 2.83. The number of carbonyl (C=O) groups excluding carboxylic acids is 1. The zero-order chi connectivity index (χ0) is 15.2. The van der Waals surface area contributed by atoms with E-state index in [0.29, 0.717) is 23.5 Å². The maximum Gasteiger partial charge on any atom is 0.251 e. The van der Waals surface area contributed by atoms with Gasteiger partial charge in [-0.1, -0.05) is 12.1 Å². The molecule has 110 valence electrons. The van der Waals surface area contributed by atoms with Crippen molar-refractivity contribution in [1.82, 2.24) is 5.32 Å². The predicted octanol–water partition coefficient (Wildman–Crippen LogP) is 1.49. The number of benzene rings is 2. The van der Waals surface area contributed by atoms with E-state index in [4.69, 9.17) is 16.3 Å². The van der Waals surface area contributed by atoms with E-state index in [1.54, 1.807) is 25.3 Å². The van der Waals surface area contributed by atoms with Crippen LogP contribution in [0, 0.1) is 0 Å². The average Bonchev–Trinajstić information content (AvgIpc) is 2.53. The summed E-state index contributed by atoms with van der Waals surface area (Å²) in [5.41, 5.74) is 10.7. The number of ether oxygens (including phenoxy) is 1. The summed E-state index contributed by atoms with van der Waals surface area (Å²) in [6.45, 7) is 0.430. The fraction of sp³-hybridized carbons (Fsp3) is 0.133. The summed E-state index contributed by atoms with van der Waals surface area (Å²) in [7, 11) is 1.61. The van der Waals surface area contributed by atoms with E-state index in [1.807, 2.05) is 24.3 Å². The highest BCUT2D eigenvalue weighted by molar-refractivity contribution is 5.96.